The van der Waals surface area contributed by atoms with Crippen molar-refractivity contribution in [1.29, 1.82) is 0 Å². The van der Waals surface area contributed by atoms with Crippen molar-refractivity contribution in [2.24, 2.45) is 0 Å². The molecule has 2 heterocycles. The van der Waals surface area contributed by atoms with Crippen molar-refractivity contribution in [1.82, 2.24) is 14.9 Å². The molecule has 0 saturated carbocycles. The predicted molar refractivity (Wildman–Crippen MR) is 92.3 cm³/mol. The molecule has 1 aromatic carbocycles. The van der Waals surface area contributed by atoms with Gasteiger partial charge in [0.05, 0.1) is 18.7 Å². The average molecular weight is 341 g/mol. The van der Waals surface area contributed by atoms with Gasteiger partial charge in [0.25, 0.3) is 11.8 Å². The number of ether oxygens (including phenoxy) is 1. The standard InChI is InChI=1S/C17H19N5O3/c1-18-17-19-9-12(10-20-17)16(24)22-7-8-25-14(11-22)15(23)21-13-5-3-2-4-6-13/h2-6,9-10,14H,7-8,11H2,1H3,(H,21,23)(H,18,19,20). The fraction of sp³-hybridized carbons (Fsp3) is 0.294. The van der Waals surface area contributed by atoms with E-state index in [1.165, 1.54) is 12.4 Å². The molecule has 1 atom stereocenters. The van der Waals surface area contributed by atoms with Gasteiger partial charge >= 0.3 is 0 Å². The molecule has 1 aliphatic heterocycles. The summed E-state index contributed by atoms with van der Waals surface area (Å²) in [5.74, 6) is -0.0485. The van der Waals surface area contributed by atoms with Crippen LogP contribution in [0.3, 0.4) is 0 Å². The molecule has 2 N–H and O–H groups in total. The highest BCUT2D eigenvalue weighted by Crippen LogP contribution is 2.13. The van der Waals surface area contributed by atoms with E-state index in [2.05, 4.69) is 20.6 Å². The van der Waals surface area contributed by atoms with Crippen molar-refractivity contribution in [3.8, 4) is 0 Å². The fourth-order valence-electron chi connectivity index (χ4n) is 2.49. The highest BCUT2D eigenvalue weighted by atomic mass is 16.5. The van der Waals surface area contributed by atoms with Gasteiger partial charge < -0.3 is 20.3 Å². The SMILES string of the molecule is CNc1ncc(C(=O)N2CCOC(C(=O)Nc3ccccc3)C2)cn1. The van der Waals surface area contributed by atoms with E-state index < -0.39 is 6.10 Å². The molecule has 2 amide bonds. The Morgan fingerprint density at radius 3 is 2.60 bits per heavy atom. The molecule has 8 nitrogen and oxygen atoms in total. The number of anilines is 2. The number of benzene rings is 1. The van der Waals surface area contributed by atoms with Crippen molar-refractivity contribution < 1.29 is 14.3 Å². The number of hydrogen-bond donors (Lipinski definition) is 2. The topological polar surface area (TPSA) is 96.5 Å². The van der Waals surface area contributed by atoms with E-state index in [9.17, 15) is 9.59 Å². The van der Waals surface area contributed by atoms with Gasteiger partial charge in [0.2, 0.25) is 5.95 Å². The third-order valence-corrected chi connectivity index (χ3v) is 3.81. The summed E-state index contributed by atoms with van der Waals surface area (Å²) in [6.07, 6.45) is 2.22. The number of rotatable bonds is 4. The van der Waals surface area contributed by atoms with E-state index in [0.717, 1.165) is 0 Å². The van der Waals surface area contributed by atoms with Gasteiger partial charge in [-0.1, -0.05) is 18.2 Å². The third-order valence-electron chi connectivity index (χ3n) is 3.81. The second kappa shape index (κ2) is 7.71. The zero-order valence-corrected chi connectivity index (χ0v) is 13.8. The fourth-order valence-corrected chi connectivity index (χ4v) is 2.49. The van der Waals surface area contributed by atoms with Crippen molar-refractivity contribution >= 4 is 23.5 Å². The van der Waals surface area contributed by atoms with Gasteiger partial charge in [-0.2, -0.15) is 0 Å². The van der Waals surface area contributed by atoms with Crippen LogP contribution >= 0.6 is 0 Å². The number of nitrogens with one attached hydrogen (secondary N) is 2. The second-order valence-corrected chi connectivity index (χ2v) is 5.51. The van der Waals surface area contributed by atoms with Crippen LogP contribution in [0.4, 0.5) is 11.6 Å². The van der Waals surface area contributed by atoms with Gasteiger partial charge in [0.15, 0.2) is 6.10 Å². The molecular formula is C17H19N5O3. The van der Waals surface area contributed by atoms with Crippen molar-refractivity contribution in [2.45, 2.75) is 6.10 Å². The largest absolute Gasteiger partial charge is 0.365 e. The van der Waals surface area contributed by atoms with E-state index in [-0.39, 0.29) is 18.4 Å². The molecule has 130 valence electrons. The number of para-hydroxylation sites is 1. The van der Waals surface area contributed by atoms with E-state index in [1.807, 2.05) is 18.2 Å². The summed E-state index contributed by atoms with van der Waals surface area (Å²) in [4.78, 5) is 34.6. The van der Waals surface area contributed by atoms with Crippen LogP contribution in [-0.4, -0.2) is 59.5 Å². The number of hydrogen-bond acceptors (Lipinski definition) is 6. The molecule has 1 unspecified atom stereocenters. The van der Waals surface area contributed by atoms with Gasteiger partial charge in [-0.15, -0.1) is 0 Å². The van der Waals surface area contributed by atoms with Crippen molar-refractivity contribution in [3.63, 3.8) is 0 Å². The Hall–Kier alpha value is -3.00. The third kappa shape index (κ3) is 4.10. The zero-order chi connectivity index (χ0) is 17.6. The summed E-state index contributed by atoms with van der Waals surface area (Å²) >= 11 is 0. The van der Waals surface area contributed by atoms with Crippen molar-refractivity contribution in [2.75, 3.05) is 37.4 Å². The number of nitrogens with zero attached hydrogens (tertiary/aromatic N) is 3. The maximum atomic E-state index is 12.6. The summed E-state index contributed by atoms with van der Waals surface area (Å²) in [6.45, 7) is 0.904. The van der Waals surface area contributed by atoms with Gasteiger partial charge in [0.1, 0.15) is 0 Å². The zero-order valence-electron chi connectivity index (χ0n) is 13.8. The smallest absolute Gasteiger partial charge is 0.257 e. The van der Waals surface area contributed by atoms with Crippen LogP contribution in [0.5, 0.6) is 0 Å². The van der Waals surface area contributed by atoms with E-state index in [1.54, 1.807) is 24.1 Å². The minimum atomic E-state index is -0.713. The molecule has 1 aliphatic rings. The number of aromatic nitrogens is 2. The molecule has 0 radical (unpaired) electrons. The first-order chi connectivity index (χ1) is 12.2. The molecule has 1 aromatic heterocycles. The summed E-state index contributed by atoms with van der Waals surface area (Å²) in [6, 6.07) is 9.13. The predicted octanol–water partition coefficient (Wildman–Crippen LogP) is 0.998. The van der Waals surface area contributed by atoms with Crippen molar-refractivity contribution in [3.05, 3.63) is 48.3 Å². The van der Waals surface area contributed by atoms with Gasteiger partial charge in [-0.25, -0.2) is 9.97 Å². The molecule has 2 aromatic rings. The first kappa shape index (κ1) is 16.8. The number of carbonyl (C=O) groups is 2. The number of amides is 2. The maximum Gasteiger partial charge on any atom is 0.257 e. The number of morpholine rings is 1. The molecule has 25 heavy (non-hydrogen) atoms. The first-order valence-electron chi connectivity index (χ1n) is 7.94. The minimum Gasteiger partial charge on any atom is -0.365 e. The summed E-state index contributed by atoms with van der Waals surface area (Å²) in [5.41, 5.74) is 1.07. The second-order valence-electron chi connectivity index (χ2n) is 5.51. The monoisotopic (exact) mass is 341 g/mol. The summed E-state index contributed by atoms with van der Waals surface area (Å²) in [7, 11) is 1.70. The highest BCUT2D eigenvalue weighted by Gasteiger charge is 2.30. The van der Waals surface area contributed by atoms with Crippen LogP contribution in [0, 0.1) is 0 Å². The van der Waals surface area contributed by atoms with Crippen LogP contribution in [0.2, 0.25) is 0 Å². The molecule has 1 saturated heterocycles. The quantitative estimate of drug-likeness (QED) is 0.861. The molecule has 3 rings (SSSR count). The Kier molecular flexibility index (Phi) is 5.20. The van der Waals surface area contributed by atoms with E-state index >= 15 is 0 Å². The highest BCUT2D eigenvalue weighted by molar-refractivity contribution is 5.96. The van der Waals surface area contributed by atoms with Gasteiger partial charge in [-0.3, -0.25) is 9.59 Å². The minimum absolute atomic E-state index is 0.186. The normalized spacial score (nSPS) is 17.0. The summed E-state index contributed by atoms with van der Waals surface area (Å²) in [5, 5.41) is 5.59. The van der Waals surface area contributed by atoms with Crippen LogP contribution in [0.25, 0.3) is 0 Å². The molecule has 1 fully saturated rings. The van der Waals surface area contributed by atoms with E-state index in [4.69, 9.17) is 4.74 Å². The Morgan fingerprint density at radius 2 is 1.92 bits per heavy atom. The lowest BCUT2D eigenvalue weighted by atomic mass is 10.2. The molecule has 0 aliphatic carbocycles. The maximum absolute atomic E-state index is 12.6. The molecule has 0 bridgehead atoms. The molecular weight excluding hydrogens is 322 g/mol. The number of carbonyl (C=O) groups excluding carboxylic acids is 2. The van der Waals surface area contributed by atoms with Gasteiger partial charge in [0, 0.05) is 31.7 Å². The van der Waals surface area contributed by atoms with E-state index in [0.29, 0.717) is 30.4 Å². The van der Waals surface area contributed by atoms with Crippen LogP contribution < -0.4 is 10.6 Å². The molecule has 0 spiro atoms. The molecule has 8 heteroatoms. The Balaban J connectivity index is 1.63. The lowest BCUT2D eigenvalue weighted by Crippen LogP contribution is -2.50. The average Bonchev–Trinajstić information content (AvgIpc) is 2.68. The van der Waals surface area contributed by atoms with Crippen LogP contribution in [0.1, 0.15) is 10.4 Å². The van der Waals surface area contributed by atoms with Crippen LogP contribution in [-0.2, 0) is 9.53 Å². The summed E-state index contributed by atoms with van der Waals surface area (Å²) < 4.78 is 5.52. The Bertz CT molecular complexity index is 736. The van der Waals surface area contributed by atoms with Gasteiger partial charge in [-0.05, 0) is 12.1 Å². The Labute approximate surface area is 145 Å². The Morgan fingerprint density at radius 1 is 1.20 bits per heavy atom. The van der Waals surface area contributed by atoms with Crippen LogP contribution in [0.15, 0.2) is 42.7 Å². The lowest BCUT2D eigenvalue weighted by Gasteiger charge is -2.32. The first-order valence-corrected chi connectivity index (χ1v) is 7.94. The lowest BCUT2D eigenvalue weighted by molar-refractivity contribution is -0.131.